The highest BCUT2D eigenvalue weighted by Gasteiger charge is 2.33. The molecule has 6 N–H and O–H groups in total. The van der Waals surface area contributed by atoms with Crippen LogP contribution in [-0.4, -0.2) is 28.2 Å². The first kappa shape index (κ1) is 24.5. The molecule has 3 aromatic rings. The normalized spacial score (nSPS) is 12.4. The standard InChI is InChI=1S/C21H19ClF3N7O2/c1-11(26)28-18(10-17(27)33-2)34-14-6-3-12(4-7-14)19-30-20(32-31-19)29-13-5-8-16(22)15(9-13)21(23,24)25/h3-10H,1,26-27H2,2H3,(H2,29,30,31,32)/b17-10+,28-18?. The molecule has 0 amide bonds. The maximum Gasteiger partial charge on any atom is 0.417 e. The molecule has 0 bridgehead atoms. The number of methoxy groups -OCH3 is 1. The number of nitrogens with one attached hydrogen (secondary N) is 2. The lowest BCUT2D eigenvalue weighted by atomic mass is 10.2. The molecule has 9 nitrogen and oxygen atoms in total. The fourth-order valence-corrected chi connectivity index (χ4v) is 2.83. The van der Waals surface area contributed by atoms with Crippen molar-refractivity contribution in [1.29, 1.82) is 0 Å². The summed E-state index contributed by atoms with van der Waals surface area (Å²) < 4.78 is 49.7. The zero-order valence-corrected chi connectivity index (χ0v) is 18.4. The van der Waals surface area contributed by atoms with Gasteiger partial charge in [0.1, 0.15) is 11.6 Å². The molecule has 0 fully saturated rings. The van der Waals surface area contributed by atoms with Crippen molar-refractivity contribution in [3.05, 3.63) is 77.4 Å². The SMILES string of the molecule is C=C(N)N=C(/C=C(\N)OC)Oc1ccc(-c2nc(Nc3ccc(Cl)c(C(F)(F)F)c3)n[nH]2)cc1. The van der Waals surface area contributed by atoms with Crippen LogP contribution in [-0.2, 0) is 10.9 Å². The maximum absolute atomic E-state index is 13.1. The number of alkyl halides is 3. The largest absolute Gasteiger partial charge is 0.483 e. The second-order valence-corrected chi connectivity index (χ2v) is 7.05. The first-order valence-electron chi connectivity index (χ1n) is 9.44. The van der Waals surface area contributed by atoms with Gasteiger partial charge < -0.3 is 26.3 Å². The van der Waals surface area contributed by atoms with Crippen molar-refractivity contribution >= 4 is 29.1 Å². The summed E-state index contributed by atoms with van der Waals surface area (Å²) in [6, 6.07) is 10.0. The Labute approximate surface area is 196 Å². The number of aliphatic imine (C=N–C) groups is 1. The van der Waals surface area contributed by atoms with Gasteiger partial charge in [-0.05, 0) is 42.5 Å². The van der Waals surface area contributed by atoms with Gasteiger partial charge in [-0.15, -0.1) is 5.10 Å². The van der Waals surface area contributed by atoms with Crippen LogP contribution in [0.15, 0.2) is 71.8 Å². The monoisotopic (exact) mass is 493 g/mol. The van der Waals surface area contributed by atoms with Crippen LogP contribution in [0.2, 0.25) is 5.02 Å². The number of aromatic nitrogens is 3. The number of ether oxygens (including phenoxy) is 2. The van der Waals surface area contributed by atoms with Gasteiger partial charge in [0, 0.05) is 11.3 Å². The minimum Gasteiger partial charge on any atom is -0.483 e. The predicted molar refractivity (Wildman–Crippen MR) is 122 cm³/mol. The highest BCUT2D eigenvalue weighted by Crippen LogP contribution is 2.36. The highest BCUT2D eigenvalue weighted by atomic mass is 35.5. The van der Waals surface area contributed by atoms with Gasteiger partial charge >= 0.3 is 6.18 Å². The zero-order chi connectivity index (χ0) is 24.9. The number of hydrogen-bond acceptors (Lipinski definition) is 8. The second kappa shape index (κ2) is 10.2. The van der Waals surface area contributed by atoms with Gasteiger partial charge in [0.2, 0.25) is 11.8 Å². The van der Waals surface area contributed by atoms with E-state index in [-0.39, 0.29) is 29.2 Å². The minimum absolute atomic E-state index is 0.0107. The van der Waals surface area contributed by atoms with Crippen molar-refractivity contribution in [2.75, 3.05) is 12.4 Å². The van der Waals surface area contributed by atoms with Gasteiger partial charge in [-0.25, -0.2) is 0 Å². The third-order valence-electron chi connectivity index (χ3n) is 4.12. The fourth-order valence-electron chi connectivity index (χ4n) is 2.60. The molecular weight excluding hydrogens is 475 g/mol. The number of anilines is 2. The molecule has 0 saturated carbocycles. The molecule has 0 unspecified atom stereocenters. The van der Waals surface area contributed by atoms with E-state index in [1.54, 1.807) is 24.3 Å². The lowest BCUT2D eigenvalue weighted by molar-refractivity contribution is -0.137. The Morgan fingerprint density at radius 3 is 2.53 bits per heavy atom. The molecule has 178 valence electrons. The second-order valence-electron chi connectivity index (χ2n) is 6.64. The van der Waals surface area contributed by atoms with Gasteiger partial charge in [-0.3, -0.25) is 5.10 Å². The van der Waals surface area contributed by atoms with Gasteiger partial charge in [0.15, 0.2) is 11.7 Å². The number of hydrogen-bond donors (Lipinski definition) is 4. The predicted octanol–water partition coefficient (Wildman–Crippen LogP) is 4.54. The fraction of sp³-hybridized carbons (Fsp3) is 0.0952. The number of benzene rings is 2. The van der Waals surface area contributed by atoms with E-state index in [4.69, 9.17) is 32.5 Å². The van der Waals surface area contributed by atoms with Crippen molar-refractivity contribution < 1.29 is 22.6 Å². The van der Waals surface area contributed by atoms with Crippen LogP contribution in [0.3, 0.4) is 0 Å². The van der Waals surface area contributed by atoms with Crippen LogP contribution in [0.4, 0.5) is 24.8 Å². The third kappa shape index (κ3) is 6.42. The Bertz CT molecular complexity index is 1240. The molecule has 0 aliphatic carbocycles. The lowest BCUT2D eigenvalue weighted by Gasteiger charge is -2.10. The van der Waals surface area contributed by atoms with Crippen LogP contribution in [0, 0.1) is 0 Å². The maximum atomic E-state index is 13.1. The Hall–Kier alpha value is -4.19. The highest BCUT2D eigenvalue weighted by molar-refractivity contribution is 6.31. The Morgan fingerprint density at radius 2 is 1.91 bits per heavy atom. The first-order valence-corrected chi connectivity index (χ1v) is 9.81. The molecule has 0 atom stereocenters. The molecule has 0 spiro atoms. The zero-order valence-electron chi connectivity index (χ0n) is 17.7. The Kier molecular flexibility index (Phi) is 7.31. The number of nitrogens with two attached hydrogens (primary N) is 2. The number of aromatic amines is 1. The molecule has 3 rings (SSSR count). The van der Waals surface area contributed by atoms with E-state index in [1.807, 2.05) is 0 Å². The number of nitrogens with zero attached hydrogens (tertiary/aromatic N) is 3. The van der Waals surface area contributed by atoms with E-state index in [0.29, 0.717) is 17.1 Å². The molecule has 1 heterocycles. The number of rotatable bonds is 7. The van der Waals surface area contributed by atoms with E-state index >= 15 is 0 Å². The van der Waals surface area contributed by atoms with Gasteiger partial charge in [0.05, 0.1) is 23.8 Å². The van der Waals surface area contributed by atoms with E-state index in [0.717, 1.165) is 12.1 Å². The van der Waals surface area contributed by atoms with Crippen LogP contribution >= 0.6 is 11.6 Å². The average Bonchev–Trinajstić information content (AvgIpc) is 3.22. The molecule has 13 heteroatoms. The average molecular weight is 494 g/mol. The molecule has 0 aliphatic rings. The summed E-state index contributed by atoms with van der Waals surface area (Å²) in [5.74, 6) is 0.973. The summed E-state index contributed by atoms with van der Waals surface area (Å²) in [7, 11) is 1.39. The quantitative estimate of drug-likeness (QED) is 0.215. The van der Waals surface area contributed by atoms with Crippen LogP contribution in [0.5, 0.6) is 5.75 Å². The molecule has 0 radical (unpaired) electrons. The van der Waals surface area contributed by atoms with Crippen molar-refractivity contribution in [2.24, 2.45) is 16.5 Å². The van der Waals surface area contributed by atoms with Crippen LogP contribution in [0.1, 0.15) is 5.56 Å². The van der Waals surface area contributed by atoms with Gasteiger partial charge in [-0.2, -0.15) is 23.1 Å². The van der Waals surface area contributed by atoms with Crippen molar-refractivity contribution in [3.8, 4) is 17.1 Å². The number of halogens is 4. The molecular formula is C21H19ClF3N7O2. The summed E-state index contributed by atoms with van der Waals surface area (Å²) in [4.78, 5) is 8.18. The molecule has 34 heavy (non-hydrogen) atoms. The Balaban J connectivity index is 1.74. The van der Waals surface area contributed by atoms with Gasteiger partial charge in [0.25, 0.3) is 0 Å². The summed E-state index contributed by atoms with van der Waals surface area (Å²) in [5, 5.41) is 9.00. The first-order chi connectivity index (χ1) is 16.0. The minimum atomic E-state index is -4.59. The van der Waals surface area contributed by atoms with E-state index in [2.05, 4.69) is 32.1 Å². The van der Waals surface area contributed by atoms with Crippen LogP contribution < -0.4 is 21.5 Å². The molecule has 2 aromatic carbocycles. The van der Waals surface area contributed by atoms with E-state index < -0.39 is 16.8 Å². The lowest BCUT2D eigenvalue weighted by Crippen LogP contribution is -2.12. The third-order valence-corrected chi connectivity index (χ3v) is 4.45. The summed E-state index contributed by atoms with van der Waals surface area (Å²) in [6.07, 6.45) is -3.25. The molecule has 0 aliphatic heterocycles. The summed E-state index contributed by atoms with van der Waals surface area (Å²) in [5.41, 5.74) is 10.9. The topological polar surface area (TPSA) is 136 Å². The van der Waals surface area contributed by atoms with E-state index in [1.165, 1.54) is 19.3 Å². The summed E-state index contributed by atoms with van der Waals surface area (Å²) in [6.45, 7) is 3.49. The van der Waals surface area contributed by atoms with Crippen molar-refractivity contribution in [1.82, 2.24) is 15.2 Å². The number of H-pyrrole nitrogens is 1. The van der Waals surface area contributed by atoms with Crippen molar-refractivity contribution in [2.45, 2.75) is 6.18 Å². The smallest absolute Gasteiger partial charge is 0.417 e. The van der Waals surface area contributed by atoms with Gasteiger partial charge in [-0.1, -0.05) is 18.2 Å². The Morgan fingerprint density at radius 1 is 1.21 bits per heavy atom. The molecule has 0 saturated heterocycles. The molecule has 1 aromatic heterocycles. The van der Waals surface area contributed by atoms with Crippen LogP contribution in [0.25, 0.3) is 11.4 Å². The van der Waals surface area contributed by atoms with Crippen molar-refractivity contribution in [3.63, 3.8) is 0 Å². The van der Waals surface area contributed by atoms with E-state index in [9.17, 15) is 13.2 Å². The summed E-state index contributed by atoms with van der Waals surface area (Å²) >= 11 is 5.64.